The summed E-state index contributed by atoms with van der Waals surface area (Å²) in [4.78, 5) is 43.0. The van der Waals surface area contributed by atoms with Gasteiger partial charge in [-0.3, -0.25) is 9.59 Å². The maximum Gasteiger partial charge on any atom is 0.333 e. The summed E-state index contributed by atoms with van der Waals surface area (Å²) in [6, 6.07) is 15.3. The molecule has 2 aromatic heterocycles. The molecule has 0 aliphatic rings. The highest BCUT2D eigenvalue weighted by Gasteiger charge is 2.22. The van der Waals surface area contributed by atoms with E-state index in [4.69, 9.17) is 11.6 Å². The lowest BCUT2D eigenvalue weighted by atomic mass is 10.1. The molecule has 0 fully saturated rings. The predicted molar refractivity (Wildman–Crippen MR) is 118 cm³/mol. The molecule has 0 bridgehead atoms. The Labute approximate surface area is 179 Å². The Morgan fingerprint density at radius 1 is 1.17 bits per heavy atom. The van der Waals surface area contributed by atoms with Gasteiger partial charge in [0.05, 0.1) is 28.1 Å². The van der Waals surface area contributed by atoms with E-state index in [2.05, 4.69) is 4.98 Å². The first-order chi connectivity index (χ1) is 14.4. The van der Waals surface area contributed by atoms with Crippen molar-refractivity contribution >= 4 is 45.4 Å². The third kappa shape index (κ3) is 3.35. The van der Waals surface area contributed by atoms with Crippen LogP contribution in [0, 0.1) is 0 Å². The number of H-pyrrole nitrogens is 1. The number of nitrogens with zero attached hydrogens (tertiary/aromatic N) is 2. The topological polar surface area (TPSA) is 95.4 Å². The lowest BCUT2D eigenvalue weighted by Crippen LogP contribution is -2.34. The zero-order chi connectivity index (χ0) is 21.4. The smallest absolute Gasteiger partial charge is 0.333 e. The minimum Gasteiger partial charge on any atom is -0.392 e. The summed E-state index contributed by atoms with van der Waals surface area (Å²) in [5.74, 6) is -0.319. The van der Waals surface area contributed by atoms with Gasteiger partial charge in [0, 0.05) is 12.7 Å². The lowest BCUT2D eigenvalue weighted by molar-refractivity contribution is 0.0997. The third-order valence-corrected chi connectivity index (χ3v) is 6.08. The summed E-state index contributed by atoms with van der Waals surface area (Å²) in [6.07, 6.45) is 0. The number of hydrogen-bond acceptors (Lipinski definition) is 5. The van der Waals surface area contributed by atoms with Gasteiger partial charge in [0.15, 0.2) is 0 Å². The van der Waals surface area contributed by atoms with E-state index in [0.29, 0.717) is 16.8 Å². The first kappa shape index (κ1) is 20.1. The van der Waals surface area contributed by atoms with Crippen LogP contribution in [0.25, 0.3) is 16.6 Å². The minimum absolute atomic E-state index is 0.118. The highest BCUT2D eigenvalue weighted by atomic mass is 35.5. The van der Waals surface area contributed by atoms with Crippen molar-refractivity contribution in [1.82, 2.24) is 9.55 Å². The van der Waals surface area contributed by atoms with Crippen molar-refractivity contribution in [3.05, 3.63) is 90.2 Å². The zero-order valence-electron chi connectivity index (χ0n) is 15.8. The quantitative estimate of drug-likeness (QED) is 0.508. The number of carbonyl (C=O) groups is 1. The first-order valence-electron chi connectivity index (χ1n) is 8.93. The average molecular weight is 442 g/mol. The van der Waals surface area contributed by atoms with E-state index in [1.165, 1.54) is 11.0 Å². The van der Waals surface area contributed by atoms with Crippen LogP contribution in [0.5, 0.6) is 0 Å². The number of aliphatic hydroxyl groups is 1. The summed E-state index contributed by atoms with van der Waals surface area (Å²) in [7, 11) is 1.63. The molecule has 2 N–H and O–H groups in total. The maximum atomic E-state index is 13.1. The molecular formula is C21H16ClN3O4S. The van der Waals surface area contributed by atoms with Crippen molar-refractivity contribution < 1.29 is 9.90 Å². The molecule has 0 saturated heterocycles. The number of para-hydroxylation sites is 1. The fraction of sp³-hybridized carbons (Fsp3) is 0.0952. The molecule has 7 nitrogen and oxygen atoms in total. The second-order valence-electron chi connectivity index (χ2n) is 6.54. The normalized spacial score (nSPS) is 11.0. The number of benzene rings is 2. The van der Waals surface area contributed by atoms with Gasteiger partial charge >= 0.3 is 5.69 Å². The Kier molecular flexibility index (Phi) is 5.29. The number of rotatable bonds is 4. The molecule has 2 heterocycles. The maximum absolute atomic E-state index is 13.1. The van der Waals surface area contributed by atoms with E-state index < -0.39 is 11.2 Å². The highest BCUT2D eigenvalue weighted by molar-refractivity contribution is 7.18. The van der Waals surface area contributed by atoms with Crippen LogP contribution in [0.1, 0.15) is 15.2 Å². The predicted octanol–water partition coefficient (Wildman–Crippen LogP) is 3.16. The molecule has 0 aliphatic carbocycles. The van der Waals surface area contributed by atoms with E-state index >= 15 is 0 Å². The number of thiophene rings is 1. The largest absolute Gasteiger partial charge is 0.392 e. The molecule has 0 radical (unpaired) electrons. The van der Waals surface area contributed by atoms with E-state index in [1.54, 1.807) is 37.4 Å². The molecule has 0 atom stereocenters. The van der Waals surface area contributed by atoms with Gasteiger partial charge in [-0.15, -0.1) is 11.3 Å². The van der Waals surface area contributed by atoms with Crippen molar-refractivity contribution in [2.75, 3.05) is 11.9 Å². The molecule has 4 aromatic rings. The minimum atomic E-state index is -0.683. The summed E-state index contributed by atoms with van der Waals surface area (Å²) in [6.45, 7) is -0.360. The van der Waals surface area contributed by atoms with Gasteiger partial charge in [-0.2, -0.15) is 0 Å². The molecule has 0 saturated carbocycles. The first-order valence-corrected chi connectivity index (χ1v) is 10.1. The van der Waals surface area contributed by atoms with E-state index in [0.717, 1.165) is 15.9 Å². The molecule has 4 rings (SSSR count). The lowest BCUT2D eigenvalue weighted by Gasteiger charge is -2.15. The van der Waals surface area contributed by atoms with Crippen LogP contribution < -0.4 is 16.1 Å². The number of aliphatic hydroxyl groups excluding tert-OH is 1. The summed E-state index contributed by atoms with van der Waals surface area (Å²) >= 11 is 7.31. The SMILES string of the molecule is CN(C(=O)c1cc(-n2c(=O)[nH]c3cccc(CO)c3c2=O)c(Cl)s1)c1ccccc1. The van der Waals surface area contributed by atoms with Crippen LogP contribution in [0.15, 0.2) is 64.2 Å². The van der Waals surface area contributed by atoms with Crippen molar-refractivity contribution in [3.8, 4) is 5.69 Å². The number of carbonyl (C=O) groups excluding carboxylic acids is 1. The summed E-state index contributed by atoms with van der Waals surface area (Å²) in [5, 5.41) is 9.77. The van der Waals surface area contributed by atoms with E-state index in [-0.39, 0.29) is 32.8 Å². The van der Waals surface area contributed by atoms with Gasteiger partial charge in [-0.25, -0.2) is 9.36 Å². The van der Waals surface area contributed by atoms with E-state index in [1.807, 2.05) is 18.2 Å². The van der Waals surface area contributed by atoms with Gasteiger partial charge in [0.1, 0.15) is 4.34 Å². The summed E-state index contributed by atoms with van der Waals surface area (Å²) in [5.41, 5.74) is 0.216. The van der Waals surface area contributed by atoms with Crippen LogP contribution in [0.4, 0.5) is 5.69 Å². The number of aromatic amines is 1. The molecule has 0 spiro atoms. The number of fused-ring (bicyclic) bond motifs is 1. The number of anilines is 1. The van der Waals surface area contributed by atoms with Crippen LogP contribution in [0.3, 0.4) is 0 Å². The number of amides is 1. The molecule has 0 unspecified atom stereocenters. The second-order valence-corrected chi connectivity index (χ2v) is 8.19. The Morgan fingerprint density at radius 3 is 2.60 bits per heavy atom. The summed E-state index contributed by atoms with van der Waals surface area (Å²) < 4.78 is 1.02. The average Bonchev–Trinajstić information content (AvgIpc) is 3.13. The van der Waals surface area contributed by atoms with Gasteiger partial charge in [0.2, 0.25) is 0 Å². The Bertz CT molecular complexity index is 1370. The van der Waals surface area contributed by atoms with Gasteiger partial charge < -0.3 is 15.0 Å². The zero-order valence-corrected chi connectivity index (χ0v) is 17.3. The van der Waals surface area contributed by atoms with Crippen LogP contribution in [0.2, 0.25) is 4.34 Å². The molecule has 30 heavy (non-hydrogen) atoms. The number of halogens is 1. The van der Waals surface area contributed by atoms with Crippen molar-refractivity contribution in [1.29, 1.82) is 0 Å². The second kappa shape index (κ2) is 7.91. The van der Waals surface area contributed by atoms with Crippen molar-refractivity contribution in [2.24, 2.45) is 0 Å². The van der Waals surface area contributed by atoms with Crippen LogP contribution in [-0.2, 0) is 6.61 Å². The molecule has 1 amide bonds. The fourth-order valence-corrected chi connectivity index (χ4v) is 4.46. The van der Waals surface area contributed by atoms with E-state index in [9.17, 15) is 19.5 Å². The number of nitrogens with one attached hydrogen (secondary N) is 1. The van der Waals surface area contributed by atoms with Gasteiger partial charge in [0.25, 0.3) is 11.5 Å². The number of hydrogen-bond donors (Lipinski definition) is 2. The highest BCUT2D eigenvalue weighted by Crippen LogP contribution is 2.31. The van der Waals surface area contributed by atoms with Crippen molar-refractivity contribution in [3.63, 3.8) is 0 Å². The van der Waals surface area contributed by atoms with Crippen LogP contribution >= 0.6 is 22.9 Å². The van der Waals surface area contributed by atoms with Gasteiger partial charge in [-0.05, 0) is 29.8 Å². The molecule has 0 aliphatic heterocycles. The number of aromatic nitrogens is 2. The molecular weight excluding hydrogens is 426 g/mol. The van der Waals surface area contributed by atoms with Crippen LogP contribution in [-0.4, -0.2) is 27.6 Å². The Morgan fingerprint density at radius 2 is 1.90 bits per heavy atom. The standard InChI is InChI=1S/C21H16ClN3O4S/c1-24(13-7-3-2-4-8-13)19(27)16-10-15(18(22)30-16)25-20(28)17-12(11-26)6-5-9-14(17)23-21(25)29/h2-10,26H,11H2,1H3,(H,23,29). The Balaban J connectivity index is 1.84. The monoisotopic (exact) mass is 441 g/mol. The molecule has 2 aromatic carbocycles. The third-order valence-electron chi connectivity index (χ3n) is 4.75. The molecule has 152 valence electrons. The molecule has 9 heteroatoms. The van der Waals surface area contributed by atoms with Crippen molar-refractivity contribution in [2.45, 2.75) is 6.61 Å². The Hall–Kier alpha value is -3.20. The fourth-order valence-electron chi connectivity index (χ4n) is 3.23. The van der Waals surface area contributed by atoms with Gasteiger partial charge in [-0.1, -0.05) is 41.9 Å².